The number of nitrogens with zero attached hydrogens (tertiary/aromatic N) is 2. The number of benzene rings is 2. The second-order valence-electron chi connectivity index (χ2n) is 6.55. The molecule has 6 heteroatoms. The Hall–Kier alpha value is -2.31. The van der Waals surface area contributed by atoms with Crippen LogP contribution in [0.5, 0.6) is 0 Å². The molecule has 3 rings (SSSR count). The monoisotopic (exact) mass is 360 g/mol. The summed E-state index contributed by atoms with van der Waals surface area (Å²) in [7, 11) is 1.83. The predicted molar refractivity (Wildman–Crippen MR) is 94.4 cm³/mol. The third kappa shape index (κ3) is 4.86. The van der Waals surface area contributed by atoms with E-state index in [1.165, 1.54) is 24.3 Å². The van der Waals surface area contributed by atoms with Gasteiger partial charge in [-0.3, -0.25) is 9.69 Å². The maximum absolute atomic E-state index is 13.3. The van der Waals surface area contributed by atoms with Gasteiger partial charge in [-0.1, -0.05) is 24.3 Å². The normalized spacial score (nSPS) is 17.5. The van der Waals surface area contributed by atoms with Crippen LogP contribution in [0.2, 0.25) is 0 Å². The number of carbonyl (C=O) groups excluding carboxylic acids is 1. The zero-order valence-corrected chi connectivity index (χ0v) is 14.7. The van der Waals surface area contributed by atoms with Gasteiger partial charge in [-0.05, 0) is 42.4 Å². The Bertz CT molecular complexity index is 752. The molecular weight excluding hydrogens is 338 g/mol. The van der Waals surface area contributed by atoms with Gasteiger partial charge in [-0.2, -0.15) is 0 Å². The lowest BCUT2D eigenvalue weighted by Crippen LogP contribution is -2.46. The first-order chi connectivity index (χ1) is 12.5. The van der Waals surface area contributed by atoms with E-state index in [0.29, 0.717) is 26.2 Å². The molecule has 138 valence electrons. The third-order valence-corrected chi connectivity index (χ3v) is 4.41. The van der Waals surface area contributed by atoms with Crippen LogP contribution < -0.4 is 0 Å². The molecule has 0 radical (unpaired) electrons. The van der Waals surface area contributed by atoms with Crippen molar-refractivity contribution in [3.63, 3.8) is 0 Å². The van der Waals surface area contributed by atoms with Gasteiger partial charge in [-0.25, -0.2) is 8.78 Å². The molecule has 2 aromatic carbocycles. The molecule has 2 aromatic rings. The van der Waals surface area contributed by atoms with E-state index in [-0.39, 0.29) is 30.2 Å². The Labute approximate surface area is 152 Å². The molecule has 0 N–H and O–H groups in total. The van der Waals surface area contributed by atoms with Crippen molar-refractivity contribution in [1.29, 1.82) is 0 Å². The fraction of sp³-hybridized carbons (Fsp3) is 0.350. The van der Waals surface area contributed by atoms with Crippen molar-refractivity contribution in [2.45, 2.75) is 12.6 Å². The van der Waals surface area contributed by atoms with Crippen LogP contribution in [-0.4, -0.2) is 49.0 Å². The first-order valence-electron chi connectivity index (χ1n) is 8.59. The molecule has 1 heterocycles. The molecule has 0 spiro atoms. The summed E-state index contributed by atoms with van der Waals surface area (Å²) in [6, 6.07) is 12.5. The number of halogens is 2. The summed E-state index contributed by atoms with van der Waals surface area (Å²) in [6.07, 6.45) is -0.248. The molecule has 1 aliphatic heterocycles. The lowest BCUT2D eigenvalue weighted by molar-refractivity contribution is -0.140. The molecule has 1 unspecified atom stereocenters. The fourth-order valence-electron chi connectivity index (χ4n) is 3.09. The second kappa shape index (κ2) is 8.38. The molecule has 4 nitrogen and oxygen atoms in total. The van der Waals surface area contributed by atoms with Gasteiger partial charge in [0.1, 0.15) is 17.7 Å². The van der Waals surface area contributed by atoms with E-state index in [9.17, 15) is 13.6 Å². The zero-order chi connectivity index (χ0) is 18.5. The van der Waals surface area contributed by atoms with Crippen LogP contribution in [0.25, 0.3) is 0 Å². The van der Waals surface area contributed by atoms with Gasteiger partial charge in [0.15, 0.2) is 0 Å². The number of rotatable bonds is 5. The summed E-state index contributed by atoms with van der Waals surface area (Å²) in [5, 5.41) is 0. The third-order valence-electron chi connectivity index (χ3n) is 4.41. The lowest BCUT2D eigenvalue weighted by Gasteiger charge is -2.34. The number of carbonyl (C=O) groups is 1. The SMILES string of the molecule is CN(CC(=O)N1CCOC(c2ccc(F)cc2)C1)Cc1cccc(F)c1. The zero-order valence-electron chi connectivity index (χ0n) is 14.7. The predicted octanol–water partition coefficient (Wildman–Crippen LogP) is 3.00. The molecule has 0 aromatic heterocycles. The van der Waals surface area contributed by atoms with Gasteiger partial charge in [0.05, 0.1) is 19.7 Å². The summed E-state index contributed by atoms with van der Waals surface area (Å²) in [6.45, 7) is 2.16. The number of hydrogen-bond acceptors (Lipinski definition) is 3. The standard InChI is InChI=1S/C20H22F2N2O2/c1-23(12-15-3-2-4-18(22)11-15)14-20(25)24-9-10-26-19(13-24)16-5-7-17(21)8-6-16/h2-8,11,19H,9-10,12-14H2,1H3. The minimum absolute atomic E-state index is 0.000635. The van der Waals surface area contributed by atoms with E-state index < -0.39 is 0 Å². The second-order valence-corrected chi connectivity index (χ2v) is 6.55. The highest BCUT2D eigenvalue weighted by molar-refractivity contribution is 5.78. The summed E-state index contributed by atoms with van der Waals surface area (Å²) >= 11 is 0. The quantitative estimate of drug-likeness (QED) is 0.822. The van der Waals surface area contributed by atoms with Crippen molar-refractivity contribution in [2.75, 3.05) is 33.3 Å². The summed E-state index contributed by atoms with van der Waals surface area (Å²) in [5.74, 6) is -0.576. The van der Waals surface area contributed by atoms with E-state index in [4.69, 9.17) is 4.74 Å². The highest BCUT2D eigenvalue weighted by Crippen LogP contribution is 2.22. The van der Waals surface area contributed by atoms with Crippen LogP contribution in [-0.2, 0) is 16.1 Å². The first-order valence-corrected chi connectivity index (χ1v) is 8.59. The minimum Gasteiger partial charge on any atom is -0.370 e. The van der Waals surface area contributed by atoms with Crippen molar-refractivity contribution >= 4 is 5.91 Å². The fourth-order valence-corrected chi connectivity index (χ4v) is 3.09. The van der Waals surface area contributed by atoms with Crippen LogP contribution in [0, 0.1) is 11.6 Å². The van der Waals surface area contributed by atoms with Crippen molar-refractivity contribution in [3.05, 3.63) is 71.3 Å². The van der Waals surface area contributed by atoms with E-state index in [0.717, 1.165) is 11.1 Å². The Morgan fingerprint density at radius 1 is 1.19 bits per heavy atom. The van der Waals surface area contributed by atoms with Crippen molar-refractivity contribution in [2.24, 2.45) is 0 Å². The van der Waals surface area contributed by atoms with Crippen LogP contribution >= 0.6 is 0 Å². The highest BCUT2D eigenvalue weighted by Gasteiger charge is 2.26. The lowest BCUT2D eigenvalue weighted by atomic mass is 10.1. The number of amides is 1. The van der Waals surface area contributed by atoms with Gasteiger partial charge in [0.25, 0.3) is 0 Å². The molecule has 1 atom stereocenters. The molecule has 1 aliphatic rings. The van der Waals surface area contributed by atoms with Crippen LogP contribution in [0.4, 0.5) is 8.78 Å². The van der Waals surface area contributed by atoms with Crippen LogP contribution in [0.1, 0.15) is 17.2 Å². The van der Waals surface area contributed by atoms with E-state index in [2.05, 4.69) is 0 Å². The number of likely N-dealkylation sites (N-methyl/N-ethyl adjacent to an activating group) is 1. The molecule has 26 heavy (non-hydrogen) atoms. The molecule has 1 amide bonds. The summed E-state index contributed by atoms with van der Waals surface area (Å²) < 4.78 is 32.1. The Kier molecular flexibility index (Phi) is 5.96. The summed E-state index contributed by atoms with van der Waals surface area (Å²) in [4.78, 5) is 16.2. The molecule has 0 aliphatic carbocycles. The number of hydrogen-bond donors (Lipinski definition) is 0. The van der Waals surface area contributed by atoms with Gasteiger partial charge in [0.2, 0.25) is 5.91 Å². The first kappa shape index (κ1) is 18.5. The largest absolute Gasteiger partial charge is 0.370 e. The average molecular weight is 360 g/mol. The average Bonchev–Trinajstić information content (AvgIpc) is 2.62. The summed E-state index contributed by atoms with van der Waals surface area (Å²) in [5.41, 5.74) is 1.68. The molecule has 0 bridgehead atoms. The van der Waals surface area contributed by atoms with Gasteiger partial charge >= 0.3 is 0 Å². The van der Waals surface area contributed by atoms with Crippen LogP contribution in [0.3, 0.4) is 0 Å². The topological polar surface area (TPSA) is 32.8 Å². The minimum atomic E-state index is -0.295. The highest BCUT2D eigenvalue weighted by atomic mass is 19.1. The maximum Gasteiger partial charge on any atom is 0.236 e. The number of ether oxygens (including phenoxy) is 1. The smallest absolute Gasteiger partial charge is 0.236 e. The Morgan fingerprint density at radius 2 is 1.96 bits per heavy atom. The van der Waals surface area contributed by atoms with Crippen molar-refractivity contribution in [3.8, 4) is 0 Å². The van der Waals surface area contributed by atoms with Gasteiger partial charge in [0, 0.05) is 13.1 Å². The molecule has 1 saturated heterocycles. The van der Waals surface area contributed by atoms with Gasteiger partial charge < -0.3 is 9.64 Å². The molecular formula is C20H22F2N2O2. The molecule has 1 fully saturated rings. The Morgan fingerprint density at radius 3 is 2.69 bits per heavy atom. The maximum atomic E-state index is 13.3. The van der Waals surface area contributed by atoms with E-state index in [1.807, 2.05) is 18.0 Å². The molecule has 0 saturated carbocycles. The number of morpholine rings is 1. The van der Waals surface area contributed by atoms with E-state index >= 15 is 0 Å². The Balaban J connectivity index is 1.56. The van der Waals surface area contributed by atoms with Gasteiger partial charge in [-0.15, -0.1) is 0 Å². The van der Waals surface area contributed by atoms with Crippen LogP contribution in [0.15, 0.2) is 48.5 Å². The van der Waals surface area contributed by atoms with Crippen molar-refractivity contribution < 1.29 is 18.3 Å². The van der Waals surface area contributed by atoms with E-state index in [1.54, 1.807) is 23.1 Å². The van der Waals surface area contributed by atoms with Crippen molar-refractivity contribution in [1.82, 2.24) is 9.80 Å².